The van der Waals surface area contributed by atoms with Crippen molar-refractivity contribution in [2.45, 2.75) is 6.54 Å². The molecule has 2 N–H and O–H groups in total. The number of aromatic amines is 1. The van der Waals surface area contributed by atoms with E-state index in [1.54, 1.807) is 0 Å². The van der Waals surface area contributed by atoms with Crippen molar-refractivity contribution in [3.63, 3.8) is 0 Å². The molecule has 3 rings (SSSR count). The number of benzene rings is 1. The summed E-state index contributed by atoms with van der Waals surface area (Å²) in [6, 6.07) is 11.6. The highest BCUT2D eigenvalue weighted by atomic mass is 16.1. The maximum atomic E-state index is 12.0. The zero-order valence-electron chi connectivity index (χ0n) is 10.5. The van der Waals surface area contributed by atoms with E-state index in [9.17, 15) is 4.79 Å². The van der Waals surface area contributed by atoms with Crippen molar-refractivity contribution in [2.24, 2.45) is 0 Å². The molecule has 0 saturated carbocycles. The molecule has 0 saturated heterocycles. The van der Waals surface area contributed by atoms with Crippen molar-refractivity contribution in [1.82, 2.24) is 14.9 Å². The molecule has 0 unspecified atom stereocenters. The smallest absolute Gasteiger partial charge is 0.251 e. The van der Waals surface area contributed by atoms with Crippen LogP contribution in [0.5, 0.6) is 0 Å². The number of H-pyrrole nitrogens is 1. The SMILES string of the molecule is O=C(NCCn1cccc1)c1ccc2[nH]ccc2c1. The number of amides is 1. The fourth-order valence-electron chi connectivity index (χ4n) is 2.11. The van der Waals surface area contributed by atoms with E-state index in [1.165, 1.54) is 0 Å². The van der Waals surface area contributed by atoms with Crippen LogP contribution in [0.15, 0.2) is 55.0 Å². The Morgan fingerprint density at radius 3 is 2.89 bits per heavy atom. The molecule has 2 heterocycles. The summed E-state index contributed by atoms with van der Waals surface area (Å²) in [7, 11) is 0. The Morgan fingerprint density at radius 2 is 2.05 bits per heavy atom. The van der Waals surface area contributed by atoms with Gasteiger partial charge in [0.1, 0.15) is 0 Å². The van der Waals surface area contributed by atoms with Crippen LogP contribution in [-0.2, 0) is 6.54 Å². The van der Waals surface area contributed by atoms with Crippen LogP contribution < -0.4 is 5.32 Å². The molecule has 4 nitrogen and oxygen atoms in total. The second-order valence-corrected chi connectivity index (χ2v) is 4.46. The van der Waals surface area contributed by atoms with Crippen LogP contribution in [0.2, 0.25) is 0 Å². The normalized spacial score (nSPS) is 10.7. The van der Waals surface area contributed by atoms with Crippen LogP contribution in [0.3, 0.4) is 0 Å². The molecule has 96 valence electrons. The molecule has 0 atom stereocenters. The molecule has 19 heavy (non-hydrogen) atoms. The quantitative estimate of drug-likeness (QED) is 0.737. The summed E-state index contributed by atoms with van der Waals surface area (Å²) in [4.78, 5) is 15.1. The van der Waals surface area contributed by atoms with Crippen molar-refractivity contribution in [1.29, 1.82) is 0 Å². The molecule has 0 fully saturated rings. The molecule has 0 aliphatic heterocycles. The van der Waals surface area contributed by atoms with E-state index < -0.39 is 0 Å². The zero-order valence-corrected chi connectivity index (χ0v) is 10.5. The van der Waals surface area contributed by atoms with Crippen molar-refractivity contribution in [3.05, 3.63) is 60.6 Å². The summed E-state index contributed by atoms with van der Waals surface area (Å²) in [5.41, 5.74) is 1.74. The summed E-state index contributed by atoms with van der Waals surface area (Å²) in [5, 5.41) is 3.98. The molecule has 1 aromatic carbocycles. The number of carbonyl (C=O) groups excluding carboxylic acids is 1. The van der Waals surface area contributed by atoms with E-state index in [4.69, 9.17) is 0 Å². The lowest BCUT2D eigenvalue weighted by atomic mass is 10.1. The van der Waals surface area contributed by atoms with Gasteiger partial charge in [-0.3, -0.25) is 4.79 Å². The molecule has 0 radical (unpaired) electrons. The fourth-order valence-corrected chi connectivity index (χ4v) is 2.11. The van der Waals surface area contributed by atoms with Crippen LogP contribution in [0.1, 0.15) is 10.4 Å². The standard InChI is InChI=1S/C15H15N3O/c19-15(17-7-10-18-8-1-2-9-18)13-3-4-14-12(11-13)5-6-16-14/h1-6,8-9,11,16H,7,10H2,(H,17,19). The van der Waals surface area contributed by atoms with Crippen LogP contribution in [-0.4, -0.2) is 22.0 Å². The molecular formula is C15H15N3O. The van der Waals surface area contributed by atoms with Crippen molar-refractivity contribution >= 4 is 16.8 Å². The highest BCUT2D eigenvalue weighted by molar-refractivity contribution is 5.98. The van der Waals surface area contributed by atoms with Crippen molar-refractivity contribution < 1.29 is 4.79 Å². The minimum Gasteiger partial charge on any atom is -0.361 e. The largest absolute Gasteiger partial charge is 0.361 e. The third-order valence-electron chi connectivity index (χ3n) is 3.14. The van der Waals surface area contributed by atoms with Gasteiger partial charge in [-0.2, -0.15) is 0 Å². The Hall–Kier alpha value is -2.49. The van der Waals surface area contributed by atoms with Gasteiger partial charge in [0.25, 0.3) is 5.91 Å². The Bertz CT molecular complexity index is 682. The molecule has 1 amide bonds. The lowest BCUT2D eigenvalue weighted by molar-refractivity contribution is 0.0952. The van der Waals surface area contributed by atoms with Gasteiger partial charge in [-0.05, 0) is 36.4 Å². The summed E-state index contributed by atoms with van der Waals surface area (Å²) in [6.45, 7) is 1.41. The van der Waals surface area contributed by atoms with Crippen LogP contribution >= 0.6 is 0 Å². The predicted octanol–water partition coefficient (Wildman–Crippen LogP) is 2.40. The summed E-state index contributed by atoms with van der Waals surface area (Å²) in [6.07, 6.45) is 5.84. The number of nitrogens with one attached hydrogen (secondary N) is 2. The monoisotopic (exact) mass is 253 g/mol. The lowest BCUT2D eigenvalue weighted by Gasteiger charge is -2.06. The summed E-state index contributed by atoms with van der Waals surface area (Å²) < 4.78 is 2.04. The van der Waals surface area contributed by atoms with Gasteiger partial charge >= 0.3 is 0 Å². The van der Waals surface area contributed by atoms with Gasteiger partial charge < -0.3 is 14.9 Å². The second kappa shape index (κ2) is 5.02. The number of nitrogens with zero attached hydrogens (tertiary/aromatic N) is 1. The van der Waals surface area contributed by atoms with Gasteiger partial charge in [-0.25, -0.2) is 0 Å². The maximum absolute atomic E-state index is 12.0. The minimum absolute atomic E-state index is 0.0322. The number of fused-ring (bicyclic) bond motifs is 1. The fraction of sp³-hybridized carbons (Fsp3) is 0.133. The predicted molar refractivity (Wildman–Crippen MR) is 75.1 cm³/mol. The Kier molecular flexibility index (Phi) is 3.06. The van der Waals surface area contributed by atoms with Gasteiger partial charge in [-0.1, -0.05) is 0 Å². The number of carbonyl (C=O) groups is 1. The van der Waals surface area contributed by atoms with Gasteiger partial charge in [-0.15, -0.1) is 0 Å². The molecule has 4 heteroatoms. The second-order valence-electron chi connectivity index (χ2n) is 4.46. The van der Waals surface area contributed by atoms with Crippen LogP contribution in [0, 0.1) is 0 Å². The Balaban J connectivity index is 1.63. The first-order valence-corrected chi connectivity index (χ1v) is 6.29. The first-order valence-electron chi connectivity index (χ1n) is 6.29. The highest BCUT2D eigenvalue weighted by Crippen LogP contribution is 2.14. The number of aromatic nitrogens is 2. The average Bonchev–Trinajstić information content (AvgIpc) is 3.08. The number of rotatable bonds is 4. The van der Waals surface area contributed by atoms with E-state index in [2.05, 4.69) is 10.3 Å². The molecule has 0 bridgehead atoms. The molecule has 3 aromatic rings. The van der Waals surface area contributed by atoms with E-state index in [0.29, 0.717) is 12.1 Å². The lowest BCUT2D eigenvalue weighted by Crippen LogP contribution is -2.26. The Morgan fingerprint density at radius 1 is 1.21 bits per heavy atom. The van der Waals surface area contributed by atoms with E-state index in [-0.39, 0.29) is 5.91 Å². The Labute approximate surface area is 111 Å². The van der Waals surface area contributed by atoms with E-state index in [0.717, 1.165) is 17.4 Å². The molecule has 0 aliphatic carbocycles. The van der Waals surface area contributed by atoms with Crippen LogP contribution in [0.4, 0.5) is 0 Å². The van der Waals surface area contributed by atoms with Crippen molar-refractivity contribution in [3.8, 4) is 0 Å². The molecule has 0 spiro atoms. The van der Waals surface area contributed by atoms with E-state index >= 15 is 0 Å². The zero-order chi connectivity index (χ0) is 13.1. The maximum Gasteiger partial charge on any atom is 0.251 e. The van der Waals surface area contributed by atoms with Crippen molar-refractivity contribution in [2.75, 3.05) is 6.54 Å². The number of hydrogen-bond donors (Lipinski definition) is 2. The van der Waals surface area contributed by atoms with Gasteiger partial charge in [0.15, 0.2) is 0 Å². The van der Waals surface area contributed by atoms with Gasteiger partial charge in [0.05, 0.1) is 0 Å². The first kappa shape index (κ1) is 11.6. The summed E-state index contributed by atoms with van der Waals surface area (Å²) in [5.74, 6) is -0.0322. The average molecular weight is 253 g/mol. The summed E-state index contributed by atoms with van der Waals surface area (Å²) >= 11 is 0. The topological polar surface area (TPSA) is 49.8 Å². The molecular weight excluding hydrogens is 238 g/mol. The molecule has 2 aromatic heterocycles. The highest BCUT2D eigenvalue weighted by Gasteiger charge is 2.05. The van der Waals surface area contributed by atoms with E-state index in [1.807, 2.05) is 59.6 Å². The molecule has 0 aliphatic rings. The third-order valence-corrected chi connectivity index (χ3v) is 3.14. The minimum atomic E-state index is -0.0322. The van der Waals surface area contributed by atoms with Gasteiger partial charge in [0.2, 0.25) is 0 Å². The third kappa shape index (κ3) is 2.52. The number of hydrogen-bond acceptors (Lipinski definition) is 1. The first-order chi connectivity index (χ1) is 9.33. The van der Waals surface area contributed by atoms with Crippen LogP contribution in [0.25, 0.3) is 10.9 Å². The van der Waals surface area contributed by atoms with Gasteiger partial charge in [0, 0.05) is 48.1 Å².